The third kappa shape index (κ3) is 4.03. The molecule has 1 aliphatic rings. The number of ether oxygens (including phenoxy) is 2. The predicted octanol–water partition coefficient (Wildman–Crippen LogP) is 4.24. The lowest BCUT2D eigenvalue weighted by molar-refractivity contribution is -0.137. The molecule has 0 radical (unpaired) electrons. The van der Waals surface area contributed by atoms with Gasteiger partial charge in [-0.25, -0.2) is 0 Å². The van der Waals surface area contributed by atoms with Crippen molar-refractivity contribution < 1.29 is 27.4 Å². The van der Waals surface area contributed by atoms with E-state index in [4.69, 9.17) is 9.47 Å². The number of carbonyl (C=O) groups is 1. The molecule has 3 aromatic rings. The van der Waals surface area contributed by atoms with Gasteiger partial charge < -0.3 is 14.8 Å². The van der Waals surface area contributed by atoms with Gasteiger partial charge in [-0.1, -0.05) is 12.1 Å². The second kappa shape index (κ2) is 7.16. The Morgan fingerprint density at radius 2 is 1.93 bits per heavy atom. The van der Waals surface area contributed by atoms with Crippen molar-refractivity contribution in [1.29, 1.82) is 0 Å². The van der Waals surface area contributed by atoms with Gasteiger partial charge in [0.05, 0.1) is 12.1 Å². The van der Waals surface area contributed by atoms with Gasteiger partial charge in [-0.05, 0) is 42.8 Å². The minimum atomic E-state index is -4.40. The van der Waals surface area contributed by atoms with Crippen LogP contribution in [0.2, 0.25) is 0 Å². The standard InChI is InChI=1S/C20H16F3N3O3/c1-12-7-18(24-19(27)14-5-6-16-17(9-14)29-11-28-16)25-26(12)10-13-3-2-4-15(8-13)20(21,22)23/h2-9H,10-11H2,1H3,(H,24,25,27). The highest BCUT2D eigenvalue weighted by atomic mass is 19.4. The van der Waals surface area contributed by atoms with E-state index in [-0.39, 0.29) is 19.2 Å². The third-order valence-corrected chi connectivity index (χ3v) is 4.44. The lowest BCUT2D eigenvalue weighted by atomic mass is 10.1. The number of hydrogen-bond donors (Lipinski definition) is 1. The first kappa shape index (κ1) is 18.9. The van der Waals surface area contributed by atoms with E-state index < -0.39 is 11.7 Å². The minimum absolute atomic E-state index is 0.111. The van der Waals surface area contributed by atoms with Gasteiger partial charge in [0, 0.05) is 17.3 Å². The quantitative estimate of drug-likeness (QED) is 0.708. The fourth-order valence-corrected chi connectivity index (χ4v) is 2.98. The Morgan fingerprint density at radius 3 is 2.72 bits per heavy atom. The van der Waals surface area contributed by atoms with Crippen LogP contribution in [0.15, 0.2) is 48.5 Å². The number of benzene rings is 2. The summed E-state index contributed by atoms with van der Waals surface area (Å²) in [6.45, 7) is 2.02. The molecule has 2 aromatic carbocycles. The van der Waals surface area contributed by atoms with Gasteiger partial charge in [0.2, 0.25) is 6.79 Å². The topological polar surface area (TPSA) is 65.4 Å². The largest absolute Gasteiger partial charge is 0.454 e. The Balaban J connectivity index is 1.49. The Morgan fingerprint density at radius 1 is 1.14 bits per heavy atom. The molecule has 0 unspecified atom stereocenters. The molecule has 2 heterocycles. The molecule has 1 aliphatic heterocycles. The Labute approximate surface area is 163 Å². The number of hydrogen-bond acceptors (Lipinski definition) is 4. The summed E-state index contributed by atoms with van der Waals surface area (Å²) >= 11 is 0. The molecule has 0 atom stereocenters. The van der Waals surface area contributed by atoms with Crippen molar-refractivity contribution in [2.75, 3.05) is 12.1 Å². The molecular weight excluding hydrogens is 387 g/mol. The summed E-state index contributed by atoms with van der Waals surface area (Å²) in [5, 5.41) is 6.97. The zero-order valence-corrected chi connectivity index (χ0v) is 15.3. The van der Waals surface area contributed by atoms with Gasteiger partial charge in [-0.2, -0.15) is 18.3 Å². The number of carbonyl (C=O) groups excluding carboxylic acids is 1. The van der Waals surface area contributed by atoms with E-state index in [2.05, 4.69) is 10.4 Å². The predicted molar refractivity (Wildman–Crippen MR) is 98.0 cm³/mol. The van der Waals surface area contributed by atoms with Crippen molar-refractivity contribution >= 4 is 11.7 Å². The highest BCUT2D eigenvalue weighted by Crippen LogP contribution is 2.33. The van der Waals surface area contributed by atoms with Gasteiger partial charge in [0.15, 0.2) is 17.3 Å². The maximum Gasteiger partial charge on any atom is 0.416 e. The smallest absolute Gasteiger partial charge is 0.416 e. The summed E-state index contributed by atoms with van der Waals surface area (Å²) in [7, 11) is 0. The summed E-state index contributed by atoms with van der Waals surface area (Å²) in [5.74, 6) is 0.982. The van der Waals surface area contributed by atoms with Crippen LogP contribution >= 0.6 is 0 Å². The van der Waals surface area contributed by atoms with Gasteiger partial charge in [-0.15, -0.1) is 0 Å². The monoisotopic (exact) mass is 403 g/mol. The second-order valence-electron chi connectivity index (χ2n) is 6.55. The third-order valence-electron chi connectivity index (χ3n) is 4.44. The number of rotatable bonds is 4. The molecule has 0 saturated heterocycles. The van der Waals surface area contributed by atoms with Gasteiger partial charge in [0.25, 0.3) is 5.91 Å². The van der Waals surface area contributed by atoms with Crippen LogP contribution in [0.4, 0.5) is 19.0 Å². The number of nitrogens with one attached hydrogen (secondary N) is 1. The van der Waals surface area contributed by atoms with Crippen LogP contribution in [0.1, 0.15) is 27.2 Å². The van der Waals surface area contributed by atoms with Crippen LogP contribution in [0.25, 0.3) is 0 Å². The second-order valence-corrected chi connectivity index (χ2v) is 6.55. The molecule has 150 valence electrons. The molecule has 0 aliphatic carbocycles. The molecule has 6 nitrogen and oxygen atoms in total. The van der Waals surface area contributed by atoms with Crippen molar-refractivity contribution in [1.82, 2.24) is 9.78 Å². The molecular formula is C20H16F3N3O3. The lowest BCUT2D eigenvalue weighted by Gasteiger charge is -2.09. The van der Waals surface area contributed by atoms with Crippen molar-refractivity contribution in [2.45, 2.75) is 19.6 Å². The van der Waals surface area contributed by atoms with Gasteiger partial charge in [-0.3, -0.25) is 9.48 Å². The number of halogens is 3. The summed E-state index contributed by atoms with van der Waals surface area (Å²) in [6, 6.07) is 11.6. The Hall–Kier alpha value is -3.49. The fraction of sp³-hybridized carbons (Fsp3) is 0.200. The number of anilines is 1. The SMILES string of the molecule is Cc1cc(NC(=O)c2ccc3c(c2)OCO3)nn1Cc1cccc(C(F)(F)F)c1. The van der Waals surface area contributed by atoms with E-state index in [1.807, 2.05) is 0 Å². The molecule has 29 heavy (non-hydrogen) atoms. The molecule has 1 aromatic heterocycles. The molecule has 1 N–H and O–H groups in total. The number of nitrogens with zero attached hydrogens (tertiary/aromatic N) is 2. The van der Waals surface area contributed by atoms with Crippen molar-refractivity contribution in [3.8, 4) is 11.5 Å². The van der Waals surface area contributed by atoms with Crippen LogP contribution in [0, 0.1) is 6.92 Å². The van der Waals surface area contributed by atoms with E-state index >= 15 is 0 Å². The number of alkyl halides is 3. The van der Waals surface area contributed by atoms with Crippen LogP contribution in [0.3, 0.4) is 0 Å². The van der Waals surface area contributed by atoms with Crippen LogP contribution < -0.4 is 14.8 Å². The summed E-state index contributed by atoms with van der Waals surface area (Å²) < 4.78 is 50.7. The molecule has 9 heteroatoms. The molecule has 4 rings (SSSR count). The van der Waals surface area contributed by atoms with Gasteiger partial charge in [0.1, 0.15) is 0 Å². The van der Waals surface area contributed by atoms with E-state index in [1.54, 1.807) is 37.3 Å². The van der Waals surface area contributed by atoms with Crippen LogP contribution in [-0.2, 0) is 12.7 Å². The average molecular weight is 403 g/mol. The normalized spacial score (nSPS) is 12.8. The number of aryl methyl sites for hydroxylation is 1. The molecule has 0 bridgehead atoms. The minimum Gasteiger partial charge on any atom is -0.454 e. The van der Waals surface area contributed by atoms with E-state index in [0.29, 0.717) is 34.1 Å². The lowest BCUT2D eigenvalue weighted by Crippen LogP contribution is -2.13. The van der Waals surface area contributed by atoms with Crippen LogP contribution in [0.5, 0.6) is 11.5 Å². The Kier molecular flexibility index (Phi) is 4.65. The van der Waals surface area contributed by atoms with E-state index in [0.717, 1.165) is 12.1 Å². The zero-order chi connectivity index (χ0) is 20.6. The Bertz CT molecular complexity index is 1080. The fourth-order valence-electron chi connectivity index (χ4n) is 2.98. The van der Waals surface area contributed by atoms with Crippen molar-refractivity contribution in [3.63, 3.8) is 0 Å². The van der Waals surface area contributed by atoms with E-state index in [9.17, 15) is 18.0 Å². The van der Waals surface area contributed by atoms with Gasteiger partial charge >= 0.3 is 6.18 Å². The number of amides is 1. The zero-order valence-electron chi connectivity index (χ0n) is 15.3. The van der Waals surface area contributed by atoms with Crippen molar-refractivity contribution in [2.24, 2.45) is 0 Å². The summed E-state index contributed by atoms with van der Waals surface area (Å²) in [5.41, 5.74) is 0.818. The number of aromatic nitrogens is 2. The average Bonchev–Trinajstić information content (AvgIpc) is 3.27. The maximum absolute atomic E-state index is 12.9. The summed E-state index contributed by atoms with van der Waals surface area (Å²) in [6.07, 6.45) is -4.40. The highest BCUT2D eigenvalue weighted by Gasteiger charge is 2.30. The molecule has 0 spiro atoms. The first-order valence-corrected chi connectivity index (χ1v) is 8.71. The van der Waals surface area contributed by atoms with Crippen LogP contribution in [-0.4, -0.2) is 22.5 Å². The highest BCUT2D eigenvalue weighted by molar-refractivity contribution is 6.04. The molecule has 1 amide bonds. The first-order valence-electron chi connectivity index (χ1n) is 8.71. The first-order chi connectivity index (χ1) is 13.8. The van der Waals surface area contributed by atoms with Crippen molar-refractivity contribution in [3.05, 3.63) is 70.9 Å². The molecule has 0 fully saturated rings. The maximum atomic E-state index is 12.9. The number of fused-ring (bicyclic) bond motifs is 1. The molecule has 0 saturated carbocycles. The van der Waals surface area contributed by atoms with E-state index in [1.165, 1.54) is 10.7 Å². The summed E-state index contributed by atoms with van der Waals surface area (Å²) in [4.78, 5) is 12.5.